The Labute approximate surface area is 210 Å². The van der Waals surface area contributed by atoms with Gasteiger partial charge in [0.15, 0.2) is 11.5 Å². The fourth-order valence-corrected chi connectivity index (χ4v) is 4.55. The third-order valence-electron chi connectivity index (χ3n) is 5.45. The monoisotopic (exact) mass is 506 g/mol. The number of amides is 3. The predicted molar refractivity (Wildman–Crippen MR) is 136 cm³/mol. The second kappa shape index (κ2) is 11.7. The number of alkyl carbamates (subject to hydrolysis) is 1. The Kier molecular flexibility index (Phi) is 8.90. The van der Waals surface area contributed by atoms with Crippen LogP contribution >= 0.6 is 11.8 Å². The molecule has 1 aromatic rings. The number of hydrogen-bond donors (Lipinski definition) is 3. The molecule has 0 aromatic heterocycles. The van der Waals surface area contributed by atoms with Crippen LogP contribution in [-0.4, -0.2) is 69.3 Å². The molecule has 1 atom stereocenters. The van der Waals surface area contributed by atoms with Gasteiger partial charge in [0.05, 0.1) is 19.1 Å². The Balaban J connectivity index is 1.61. The second-order valence-electron chi connectivity index (χ2n) is 9.29. The lowest BCUT2D eigenvalue weighted by Gasteiger charge is -2.23. The minimum absolute atomic E-state index is 0.274. The zero-order valence-electron chi connectivity index (χ0n) is 20.9. The van der Waals surface area contributed by atoms with Gasteiger partial charge in [0.25, 0.3) is 11.1 Å². The number of rotatable bonds is 9. The van der Waals surface area contributed by atoms with Crippen LogP contribution in [0.1, 0.15) is 39.2 Å². The minimum atomic E-state index is -0.510. The van der Waals surface area contributed by atoms with Crippen LogP contribution in [-0.2, 0) is 9.53 Å². The number of carbonyl (C=O) groups is 3. The van der Waals surface area contributed by atoms with Gasteiger partial charge in [-0.2, -0.15) is 0 Å². The molecule has 2 saturated heterocycles. The fourth-order valence-electron chi connectivity index (χ4n) is 3.88. The molecule has 1 aromatic carbocycles. The average Bonchev–Trinajstić information content (AvgIpc) is 3.37. The third kappa shape index (κ3) is 7.53. The average molecular weight is 507 g/mol. The molecule has 0 spiro atoms. The number of nitrogens with one attached hydrogen (secondary N) is 3. The molecule has 2 aliphatic heterocycles. The van der Waals surface area contributed by atoms with E-state index in [1.54, 1.807) is 20.3 Å². The van der Waals surface area contributed by atoms with Gasteiger partial charge < -0.3 is 29.7 Å². The molecular weight excluding hydrogens is 472 g/mol. The maximum absolute atomic E-state index is 12.1. The molecule has 2 aliphatic rings. The van der Waals surface area contributed by atoms with Crippen LogP contribution < -0.4 is 30.3 Å². The summed E-state index contributed by atoms with van der Waals surface area (Å²) in [4.78, 5) is 38.0. The zero-order valence-corrected chi connectivity index (χ0v) is 21.7. The van der Waals surface area contributed by atoms with Crippen molar-refractivity contribution in [3.05, 3.63) is 22.6 Å². The number of carbonyl (C=O) groups excluding carboxylic acids is 3. The third-order valence-corrected chi connectivity index (χ3v) is 6.26. The summed E-state index contributed by atoms with van der Waals surface area (Å²) in [5.74, 6) is 0.736. The van der Waals surface area contributed by atoms with Crippen molar-refractivity contribution in [2.24, 2.45) is 0 Å². The zero-order chi connectivity index (χ0) is 25.6. The summed E-state index contributed by atoms with van der Waals surface area (Å²) in [5.41, 5.74) is 1.17. The van der Waals surface area contributed by atoms with Gasteiger partial charge in [-0.3, -0.25) is 14.9 Å². The highest BCUT2D eigenvalue weighted by Gasteiger charge is 2.28. The fraction of sp³-hybridized carbons (Fsp3) is 0.542. The van der Waals surface area contributed by atoms with Crippen molar-refractivity contribution in [1.29, 1.82) is 0 Å². The van der Waals surface area contributed by atoms with Crippen molar-refractivity contribution >= 4 is 40.8 Å². The summed E-state index contributed by atoms with van der Waals surface area (Å²) in [6, 6.07) is 3.99. The van der Waals surface area contributed by atoms with Gasteiger partial charge in [0, 0.05) is 43.0 Å². The maximum atomic E-state index is 12.1. The molecule has 0 bridgehead atoms. The molecular formula is C24H34N4O6S. The molecule has 1 unspecified atom stereocenters. The van der Waals surface area contributed by atoms with Crippen molar-refractivity contribution in [3.8, 4) is 11.5 Å². The number of methoxy groups -OCH3 is 2. The minimum Gasteiger partial charge on any atom is -0.493 e. The molecule has 2 fully saturated rings. The first-order valence-electron chi connectivity index (χ1n) is 11.6. The van der Waals surface area contributed by atoms with E-state index < -0.39 is 17.6 Å². The second-order valence-corrected chi connectivity index (χ2v) is 10.3. The first-order chi connectivity index (χ1) is 16.6. The van der Waals surface area contributed by atoms with E-state index in [2.05, 4.69) is 20.9 Å². The number of benzene rings is 1. The first-order valence-corrected chi connectivity index (χ1v) is 12.4. The molecule has 192 valence electrons. The molecule has 3 N–H and O–H groups in total. The maximum Gasteiger partial charge on any atom is 0.407 e. The van der Waals surface area contributed by atoms with Crippen LogP contribution in [0.15, 0.2) is 17.0 Å². The van der Waals surface area contributed by atoms with Gasteiger partial charge in [0.2, 0.25) is 0 Å². The van der Waals surface area contributed by atoms with E-state index in [1.165, 1.54) is 0 Å². The van der Waals surface area contributed by atoms with E-state index in [4.69, 9.17) is 14.2 Å². The predicted octanol–water partition coefficient (Wildman–Crippen LogP) is 3.11. The summed E-state index contributed by atoms with van der Waals surface area (Å²) < 4.78 is 16.2. The van der Waals surface area contributed by atoms with Crippen molar-refractivity contribution < 1.29 is 28.6 Å². The number of hydrogen-bond acceptors (Lipinski definition) is 9. The van der Waals surface area contributed by atoms with Gasteiger partial charge in [0.1, 0.15) is 5.60 Å². The highest BCUT2D eigenvalue weighted by atomic mass is 32.2. The van der Waals surface area contributed by atoms with E-state index in [1.807, 2.05) is 32.9 Å². The van der Waals surface area contributed by atoms with E-state index in [0.717, 1.165) is 55.5 Å². The lowest BCUT2D eigenvalue weighted by atomic mass is 10.1. The standard InChI is InChI=1S/C24H34N4O6S/c1-24(2,3)34-22(30)26-9-6-8-25-16-7-10-28(14-16)17-13-19(33-5)18(32-4)11-15(17)12-20-21(29)27-23(31)35-20/h11-13,16,25H,6-10,14H2,1-5H3,(H,26,30)(H,27,29,31). The summed E-state index contributed by atoms with van der Waals surface area (Å²) in [7, 11) is 3.14. The number of thioether (sulfide) groups is 1. The Morgan fingerprint density at radius 3 is 2.54 bits per heavy atom. The van der Waals surface area contributed by atoms with Gasteiger partial charge in [-0.05, 0) is 64.1 Å². The van der Waals surface area contributed by atoms with Gasteiger partial charge in [-0.15, -0.1) is 0 Å². The van der Waals surface area contributed by atoms with Crippen LogP contribution in [0, 0.1) is 0 Å². The molecule has 10 nitrogen and oxygen atoms in total. The number of imide groups is 1. The van der Waals surface area contributed by atoms with Crippen LogP contribution in [0.4, 0.5) is 15.3 Å². The first kappa shape index (κ1) is 26.7. The summed E-state index contributed by atoms with van der Waals surface area (Å²) in [6.45, 7) is 8.38. The van der Waals surface area contributed by atoms with E-state index in [9.17, 15) is 14.4 Å². The summed E-state index contributed by atoms with van der Waals surface area (Å²) in [6.07, 6.45) is 3.03. The molecule has 2 heterocycles. The van der Waals surface area contributed by atoms with Crippen molar-refractivity contribution in [3.63, 3.8) is 0 Å². The van der Waals surface area contributed by atoms with Gasteiger partial charge >= 0.3 is 6.09 Å². The Morgan fingerprint density at radius 2 is 1.91 bits per heavy atom. The number of nitrogens with zero attached hydrogens (tertiary/aromatic N) is 1. The molecule has 3 amide bonds. The largest absolute Gasteiger partial charge is 0.493 e. The van der Waals surface area contributed by atoms with Gasteiger partial charge in [-0.25, -0.2) is 4.79 Å². The van der Waals surface area contributed by atoms with Crippen LogP contribution in [0.2, 0.25) is 0 Å². The van der Waals surface area contributed by atoms with Crippen molar-refractivity contribution in [2.75, 3.05) is 45.3 Å². The Morgan fingerprint density at radius 1 is 1.20 bits per heavy atom. The quantitative estimate of drug-likeness (QED) is 0.343. The normalized spacial score (nSPS) is 19.2. The van der Waals surface area contributed by atoms with Gasteiger partial charge in [-0.1, -0.05) is 0 Å². The van der Waals surface area contributed by atoms with Crippen LogP contribution in [0.3, 0.4) is 0 Å². The van der Waals surface area contributed by atoms with Crippen molar-refractivity contribution in [2.45, 2.75) is 45.3 Å². The topological polar surface area (TPSA) is 118 Å². The Bertz CT molecular complexity index is 991. The van der Waals surface area contributed by atoms with Crippen LogP contribution in [0.25, 0.3) is 6.08 Å². The van der Waals surface area contributed by atoms with E-state index >= 15 is 0 Å². The van der Waals surface area contributed by atoms with Crippen molar-refractivity contribution in [1.82, 2.24) is 16.0 Å². The summed E-state index contributed by atoms with van der Waals surface area (Å²) >= 11 is 0.884. The lowest BCUT2D eigenvalue weighted by molar-refractivity contribution is -0.115. The molecule has 0 saturated carbocycles. The molecule has 35 heavy (non-hydrogen) atoms. The highest BCUT2D eigenvalue weighted by molar-refractivity contribution is 8.18. The smallest absolute Gasteiger partial charge is 0.407 e. The number of anilines is 1. The lowest BCUT2D eigenvalue weighted by Crippen LogP contribution is -2.36. The van der Waals surface area contributed by atoms with E-state index in [-0.39, 0.29) is 11.3 Å². The van der Waals surface area contributed by atoms with Crippen LogP contribution in [0.5, 0.6) is 11.5 Å². The highest BCUT2D eigenvalue weighted by Crippen LogP contribution is 2.39. The SMILES string of the molecule is COc1cc(C=C2SC(=O)NC2=O)c(N2CCC(NCCCNC(=O)OC(C)(C)C)C2)cc1OC. The van der Waals surface area contributed by atoms with E-state index in [0.29, 0.717) is 22.9 Å². The summed E-state index contributed by atoms with van der Waals surface area (Å²) in [5, 5.41) is 8.22. The molecule has 0 radical (unpaired) electrons. The number of ether oxygens (including phenoxy) is 3. The molecule has 11 heteroatoms. The molecule has 0 aliphatic carbocycles. The molecule has 3 rings (SSSR count). The Hall–Kier alpha value is -2.92.